The Morgan fingerprint density at radius 3 is 2.67 bits per heavy atom. The van der Waals surface area contributed by atoms with Gasteiger partial charge in [0.05, 0.1) is 12.6 Å². The van der Waals surface area contributed by atoms with Crippen LogP contribution in [0.5, 0.6) is 0 Å². The molecule has 1 aliphatic rings. The first-order valence-corrected chi connectivity index (χ1v) is 5.62. The van der Waals surface area contributed by atoms with Crippen LogP contribution >= 0.6 is 0 Å². The van der Waals surface area contributed by atoms with Crippen LogP contribution in [0.25, 0.3) is 0 Å². The van der Waals surface area contributed by atoms with Crippen molar-refractivity contribution in [3.63, 3.8) is 0 Å². The van der Waals surface area contributed by atoms with E-state index >= 15 is 0 Å². The molecule has 0 unspecified atom stereocenters. The van der Waals surface area contributed by atoms with Crippen LogP contribution in [0.1, 0.15) is 38.5 Å². The Kier molecular flexibility index (Phi) is 5.13. The van der Waals surface area contributed by atoms with Gasteiger partial charge >= 0.3 is 0 Å². The molecule has 1 saturated carbocycles. The van der Waals surface area contributed by atoms with Crippen molar-refractivity contribution in [2.45, 2.75) is 44.6 Å². The highest BCUT2D eigenvalue weighted by atomic mass is 16.1. The minimum absolute atomic E-state index is 0.0995. The average Bonchev–Trinajstić information content (AvgIpc) is 2.25. The van der Waals surface area contributed by atoms with Crippen LogP contribution in [0, 0.1) is 17.2 Å². The Hall–Kier alpha value is -1.08. The van der Waals surface area contributed by atoms with Crippen molar-refractivity contribution in [1.29, 1.82) is 5.26 Å². The summed E-state index contributed by atoms with van der Waals surface area (Å²) in [4.78, 5) is 10.9. The molecule has 84 valence electrons. The fourth-order valence-electron chi connectivity index (χ4n) is 2.34. The van der Waals surface area contributed by atoms with E-state index in [4.69, 9.17) is 11.0 Å². The van der Waals surface area contributed by atoms with Gasteiger partial charge < -0.3 is 11.1 Å². The second kappa shape index (κ2) is 6.41. The summed E-state index contributed by atoms with van der Waals surface area (Å²) in [5.41, 5.74) is 5.21. The number of nitrogens with zero attached hydrogens (tertiary/aromatic N) is 1. The third kappa shape index (κ3) is 4.30. The van der Waals surface area contributed by atoms with E-state index in [0.29, 0.717) is 18.9 Å². The Bertz CT molecular complexity index is 241. The topological polar surface area (TPSA) is 78.9 Å². The van der Waals surface area contributed by atoms with Crippen molar-refractivity contribution < 1.29 is 4.79 Å². The fourth-order valence-corrected chi connectivity index (χ4v) is 2.34. The summed E-state index contributed by atoms with van der Waals surface area (Å²) in [6.45, 7) is 0.300. The van der Waals surface area contributed by atoms with Crippen LogP contribution in [0.15, 0.2) is 0 Å². The molecule has 0 saturated heterocycles. The van der Waals surface area contributed by atoms with Crippen molar-refractivity contribution in [1.82, 2.24) is 5.32 Å². The van der Waals surface area contributed by atoms with Crippen LogP contribution in [0.4, 0.5) is 0 Å². The maximum atomic E-state index is 10.9. The van der Waals surface area contributed by atoms with E-state index in [0.717, 1.165) is 12.8 Å². The van der Waals surface area contributed by atoms with Gasteiger partial charge in [0.25, 0.3) is 0 Å². The first kappa shape index (κ1) is 12.0. The molecule has 1 fully saturated rings. The molecular formula is C11H19N3O. The summed E-state index contributed by atoms with van der Waals surface area (Å²) >= 11 is 0. The summed E-state index contributed by atoms with van der Waals surface area (Å²) < 4.78 is 0. The van der Waals surface area contributed by atoms with Gasteiger partial charge in [0.15, 0.2) is 0 Å². The highest BCUT2D eigenvalue weighted by molar-refractivity contribution is 5.74. The zero-order valence-electron chi connectivity index (χ0n) is 9.04. The number of nitrogens with one attached hydrogen (secondary N) is 1. The van der Waals surface area contributed by atoms with E-state index in [9.17, 15) is 4.79 Å². The third-order valence-electron chi connectivity index (χ3n) is 3.08. The second-order valence-electron chi connectivity index (χ2n) is 4.21. The summed E-state index contributed by atoms with van der Waals surface area (Å²) in [5, 5.41) is 11.6. The van der Waals surface area contributed by atoms with Gasteiger partial charge in [-0.2, -0.15) is 5.26 Å². The minimum atomic E-state index is -0.281. The monoisotopic (exact) mass is 209 g/mol. The van der Waals surface area contributed by atoms with Gasteiger partial charge in [0.2, 0.25) is 5.91 Å². The maximum Gasteiger partial charge on any atom is 0.218 e. The van der Waals surface area contributed by atoms with Crippen molar-refractivity contribution >= 4 is 5.91 Å². The van der Waals surface area contributed by atoms with Gasteiger partial charge in [-0.1, -0.05) is 19.3 Å². The molecule has 1 atom stereocenters. The minimum Gasteiger partial charge on any atom is -0.370 e. The normalized spacial score (nSPS) is 19.4. The van der Waals surface area contributed by atoms with Gasteiger partial charge in [-0.3, -0.25) is 4.79 Å². The summed E-state index contributed by atoms with van der Waals surface area (Å²) in [7, 11) is 0. The molecule has 0 aromatic heterocycles. The van der Waals surface area contributed by atoms with E-state index in [1.807, 2.05) is 6.07 Å². The molecule has 3 N–H and O–H groups in total. The van der Waals surface area contributed by atoms with Crippen LogP contribution in [-0.2, 0) is 4.79 Å². The molecule has 0 heterocycles. The standard InChI is InChI=1S/C11H19N3O/c12-6-7-14-10(8-11(13)15)9-4-2-1-3-5-9/h9-10,14H,1-5,7-8H2,(H2,13,15)/t10-/m0/s1. The van der Waals surface area contributed by atoms with Crippen LogP contribution in [-0.4, -0.2) is 18.5 Å². The van der Waals surface area contributed by atoms with E-state index in [2.05, 4.69) is 5.32 Å². The number of nitriles is 1. The molecule has 1 aliphatic carbocycles. The first-order valence-electron chi connectivity index (χ1n) is 5.62. The van der Waals surface area contributed by atoms with Crippen molar-refractivity contribution in [3.8, 4) is 6.07 Å². The molecule has 0 bridgehead atoms. The van der Waals surface area contributed by atoms with E-state index in [-0.39, 0.29) is 11.9 Å². The number of rotatable bonds is 5. The zero-order chi connectivity index (χ0) is 11.1. The van der Waals surface area contributed by atoms with Gasteiger partial charge in [-0.25, -0.2) is 0 Å². The lowest BCUT2D eigenvalue weighted by Crippen LogP contribution is -2.40. The van der Waals surface area contributed by atoms with Gasteiger partial charge in [-0.15, -0.1) is 0 Å². The molecular weight excluding hydrogens is 190 g/mol. The van der Waals surface area contributed by atoms with Gasteiger partial charge in [0.1, 0.15) is 0 Å². The number of carbonyl (C=O) groups is 1. The SMILES string of the molecule is N#CCN[C@@H](CC(N)=O)C1CCCCC1. The van der Waals surface area contributed by atoms with Crippen LogP contribution < -0.4 is 11.1 Å². The summed E-state index contributed by atoms with van der Waals surface area (Å²) in [6, 6.07) is 2.15. The lowest BCUT2D eigenvalue weighted by atomic mass is 9.82. The molecule has 0 aromatic carbocycles. The number of hydrogen-bond acceptors (Lipinski definition) is 3. The fraction of sp³-hybridized carbons (Fsp3) is 0.818. The van der Waals surface area contributed by atoms with E-state index < -0.39 is 0 Å². The van der Waals surface area contributed by atoms with Crippen molar-refractivity contribution in [2.75, 3.05) is 6.54 Å². The molecule has 15 heavy (non-hydrogen) atoms. The first-order chi connectivity index (χ1) is 7.24. The lowest BCUT2D eigenvalue weighted by Gasteiger charge is -2.29. The van der Waals surface area contributed by atoms with Crippen molar-refractivity contribution in [3.05, 3.63) is 0 Å². The van der Waals surface area contributed by atoms with Gasteiger partial charge in [-0.05, 0) is 18.8 Å². The van der Waals surface area contributed by atoms with Crippen molar-refractivity contribution in [2.24, 2.45) is 11.7 Å². The largest absolute Gasteiger partial charge is 0.370 e. The predicted molar refractivity (Wildman–Crippen MR) is 57.8 cm³/mol. The molecule has 1 amide bonds. The van der Waals surface area contributed by atoms with Gasteiger partial charge in [0, 0.05) is 12.5 Å². The van der Waals surface area contributed by atoms with E-state index in [1.54, 1.807) is 0 Å². The second-order valence-corrected chi connectivity index (χ2v) is 4.21. The number of primary amides is 1. The predicted octanol–water partition coefficient (Wildman–Crippen LogP) is 0.924. The molecule has 1 rings (SSSR count). The molecule has 0 aromatic rings. The Balaban J connectivity index is 2.45. The van der Waals surface area contributed by atoms with Crippen LogP contribution in [0.3, 0.4) is 0 Å². The Morgan fingerprint density at radius 2 is 2.13 bits per heavy atom. The Labute approximate surface area is 90.8 Å². The smallest absolute Gasteiger partial charge is 0.218 e. The molecule has 0 radical (unpaired) electrons. The summed E-state index contributed by atoms with van der Waals surface area (Å²) in [5.74, 6) is 0.232. The quantitative estimate of drug-likeness (QED) is 0.661. The zero-order valence-corrected chi connectivity index (χ0v) is 9.04. The molecule has 4 heteroatoms. The maximum absolute atomic E-state index is 10.9. The number of amides is 1. The molecule has 0 aliphatic heterocycles. The lowest BCUT2D eigenvalue weighted by molar-refractivity contribution is -0.118. The molecule has 0 spiro atoms. The number of hydrogen-bond donors (Lipinski definition) is 2. The van der Waals surface area contributed by atoms with Crippen LogP contribution in [0.2, 0.25) is 0 Å². The number of carbonyl (C=O) groups excluding carboxylic acids is 1. The highest BCUT2D eigenvalue weighted by Gasteiger charge is 2.24. The Morgan fingerprint density at radius 1 is 1.47 bits per heavy atom. The number of nitrogens with two attached hydrogens (primary N) is 1. The third-order valence-corrected chi connectivity index (χ3v) is 3.08. The summed E-state index contributed by atoms with van der Waals surface area (Å²) in [6.07, 6.45) is 6.40. The molecule has 4 nitrogen and oxygen atoms in total. The highest BCUT2D eigenvalue weighted by Crippen LogP contribution is 2.27. The van der Waals surface area contributed by atoms with E-state index in [1.165, 1.54) is 19.3 Å². The average molecular weight is 209 g/mol.